The van der Waals surface area contributed by atoms with E-state index in [4.69, 9.17) is 38.0 Å². The molecule has 0 aromatic heterocycles. The third kappa shape index (κ3) is 11.8. The van der Waals surface area contributed by atoms with Crippen LogP contribution in [0, 0.1) is 0 Å². The maximum atomic E-state index is 12.6. The number of thiocarbonyl (C=S) groups is 1. The van der Waals surface area contributed by atoms with Crippen molar-refractivity contribution in [1.29, 1.82) is 0 Å². The molecule has 0 aromatic carbocycles. The number of rotatable bonds is 12. The summed E-state index contributed by atoms with van der Waals surface area (Å²) in [4.78, 5) is 11.1. The SMILES string of the molecule is CCCCCCCCCCC(OC(=O)C(F)=S)[Si](Cl)(Cl)Cl. The summed E-state index contributed by atoms with van der Waals surface area (Å²) in [6.07, 6.45) is 9.51. The van der Waals surface area contributed by atoms with E-state index in [1.165, 1.54) is 32.1 Å². The molecule has 0 radical (unpaired) electrons. The molecule has 0 bridgehead atoms. The molecule has 1 atom stereocenters. The van der Waals surface area contributed by atoms with Gasteiger partial charge in [-0.2, -0.15) is 4.39 Å². The van der Waals surface area contributed by atoms with Crippen LogP contribution in [-0.4, -0.2) is 22.8 Å². The zero-order valence-corrected chi connectivity index (χ0v) is 16.3. The molecule has 1 unspecified atom stereocenters. The number of ether oxygens (including phenoxy) is 1. The van der Waals surface area contributed by atoms with Gasteiger partial charge in [-0.05, 0) is 25.1 Å². The Kier molecular flexibility index (Phi) is 12.4. The Bertz CT molecular complexity index is 327. The van der Waals surface area contributed by atoms with Gasteiger partial charge in [-0.3, -0.25) is 0 Å². The maximum Gasteiger partial charge on any atom is 0.381 e. The lowest BCUT2D eigenvalue weighted by Crippen LogP contribution is -2.37. The van der Waals surface area contributed by atoms with Crippen molar-refractivity contribution in [3.8, 4) is 0 Å². The molecule has 0 fully saturated rings. The van der Waals surface area contributed by atoms with Gasteiger partial charge in [0, 0.05) is 0 Å². The highest BCUT2D eigenvalue weighted by Crippen LogP contribution is 2.30. The number of unbranched alkanes of at least 4 members (excludes halogenated alkanes) is 7. The fourth-order valence-electron chi connectivity index (χ4n) is 1.93. The largest absolute Gasteiger partial charge is 0.456 e. The van der Waals surface area contributed by atoms with Gasteiger partial charge in [-0.25, -0.2) is 4.79 Å². The molecule has 0 aliphatic carbocycles. The standard InChI is InChI=1S/C13H22Cl3FO2SSi/c1-2-3-4-5-6-7-8-9-10-11(21(14,15)16)19-13(18)12(17)20/h11H,2-10H2,1H3. The average molecular weight is 396 g/mol. The Morgan fingerprint density at radius 1 is 1.10 bits per heavy atom. The maximum absolute atomic E-state index is 12.6. The summed E-state index contributed by atoms with van der Waals surface area (Å²) < 4.78 is 17.4. The van der Waals surface area contributed by atoms with Gasteiger partial charge in [-0.1, -0.05) is 51.9 Å². The second-order valence-electron chi connectivity index (χ2n) is 4.97. The molecule has 0 saturated heterocycles. The van der Waals surface area contributed by atoms with Gasteiger partial charge in [0.25, 0.3) is 5.12 Å². The van der Waals surface area contributed by atoms with E-state index >= 15 is 0 Å². The molecule has 124 valence electrons. The fourth-order valence-corrected chi connectivity index (χ4v) is 4.13. The van der Waals surface area contributed by atoms with Crippen LogP contribution < -0.4 is 0 Å². The van der Waals surface area contributed by atoms with Crippen molar-refractivity contribution in [2.24, 2.45) is 0 Å². The second-order valence-corrected chi connectivity index (χ2v) is 14.2. The zero-order valence-electron chi connectivity index (χ0n) is 12.2. The fraction of sp³-hybridized carbons (Fsp3) is 0.846. The van der Waals surface area contributed by atoms with Crippen LogP contribution >= 0.6 is 45.5 Å². The van der Waals surface area contributed by atoms with Crippen molar-refractivity contribution in [3.63, 3.8) is 0 Å². The topological polar surface area (TPSA) is 26.3 Å². The highest BCUT2D eigenvalue weighted by atomic mass is 35.8. The van der Waals surface area contributed by atoms with Gasteiger partial charge in [0.15, 0.2) is 0 Å². The van der Waals surface area contributed by atoms with Crippen LogP contribution in [0.1, 0.15) is 64.7 Å². The highest BCUT2D eigenvalue weighted by Gasteiger charge is 2.40. The number of halogens is 4. The summed E-state index contributed by atoms with van der Waals surface area (Å²) >= 11 is 21.7. The minimum absolute atomic E-state index is 0.437. The lowest BCUT2D eigenvalue weighted by atomic mass is 10.1. The molecule has 8 heteroatoms. The van der Waals surface area contributed by atoms with Crippen LogP contribution in [0.5, 0.6) is 0 Å². The third-order valence-electron chi connectivity index (χ3n) is 3.09. The van der Waals surface area contributed by atoms with Crippen molar-refractivity contribution in [2.75, 3.05) is 0 Å². The first kappa shape index (κ1) is 21.6. The second kappa shape index (κ2) is 12.1. The summed E-state index contributed by atoms with van der Waals surface area (Å²) in [5.74, 6) is -1.21. The Morgan fingerprint density at radius 2 is 1.57 bits per heavy atom. The van der Waals surface area contributed by atoms with Gasteiger partial charge in [0.1, 0.15) is 5.73 Å². The predicted octanol–water partition coefficient (Wildman–Crippen LogP) is 5.92. The first-order chi connectivity index (χ1) is 9.79. The number of carbonyl (C=O) groups is 1. The van der Waals surface area contributed by atoms with E-state index in [9.17, 15) is 9.18 Å². The predicted molar refractivity (Wildman–Crippen MR) is 94.1 cm³/mol. The van der Waals surface area contributed by atoms with E-state index in [1.807, 2.05) is 0 Å². The van der Waals surface area contributed by atoms with Crippen molar-refractivity contribution < 1.29 is 13.9 Å². The van der Waals surface area contributed by atoms with E-state index in [-0.39, 0.29) is 0 Å². The normalized spacial score (nSPS) is 13.0. The van der Waals surface area contributed by atoms with Gasteiger partial charge >= 0.3 is 12.0 Å². The molecule has 0 heterocycles. The molecule has 0 amide bonds. The molecule has 0 aliphatic heterocycles. The van der Waals surface area contributed by atoms with E-state index in [0.29, 0.717) is 6.42 Å². The minimum Gasteiger partial charge on any atom is -0.456 e. The van der Waals surface area contributed by atoms with Crippen LogP contribution in [-0.2, 0) is 9.53 Å². The molecule has 0 rings (SSSR count). The Labute approximate surface area is 146 Å². The zero-order chi connectivity index (χ0) is 16.3. The summed E-state index contributed by atoms with van der Waals surface area (Å²) in [6.45, 7) is 2.19. The summed E-state index contributed by atoms with van der Waals surface area (Å²) in [7, 11) is 0. The number of hydrogen-bond donors (Lipinski definition) is 0. The molecule has 0 aliphatic rings. The van der Waals surface area contributed by atoms with Crippen LogP contribution in [0.15, 0.2) is 0 Å². The van der Waals surface area contributed by atoms with Gasteiger partial charge < -0.3 is 4.74 Å². The van der Waals surface area contributed by atoms with Gasteiger partial charge in [0.2, 0.25) is 0 Å². The summed E-state index contributed by atoms with van der Waals surface area (Å²) in [5, 5.41) is -1.33. The van der Waals surface area contributed by atoms with Crippen LogP contribution in [0.2, 0.25) is 0 Å². The molecular weight excluding hydrogens is 374 g/mol. The van der Waals surface area contributed by atoms with E-state index < -0.39 is 22.8 Å². The summed E-state index contributed by atoms with van der Waals surface area (Å²) in [6, 6.07) is -3.23. The Balaban J connectivity index is 3.93. The molecule has 0 N–H and O–H groups in total. The van der Waals surface area contributed by atoms with E-state index in [0.717, 1.165) is 19.3 Å². The lowest BCUT2D eigenvalue weighted by molar-refractivity contribution is -0.138. The van der Waals surface area contributed by atoms with Gasteiger partial charge in [0.05, 0.1) is 0 Å². The Hall–Kier alpha value is 0.577. The molecule has 0 spiro atoms. The molecule has 0 saturated carbocycles. The third-order valence-corrected chi connectivity index (χ3v) is 6.59. The van der Waals surface area contributed by atoms with Crippen LogP contribution in [0.3, 0.4) is 0 Å². The molecule has 2 nitrogen and oxygen atoms in total. The van der Waals surface area contributed by atoms with Crippen LogP contribution in [0.4, 0.5) is 4.39 Å². The van der Waals surface area contributed by atoms with E-state index in [1.54, 1.807) is 0 Å². The van der Waals surface area contributed by atoms with Crippen molar-refractivity contribution in [2.45, 2.75) is 70.4 Å². The smallest absolute Gasteiger partial charge is 0.381 e. The Morgan fingerprint density at radius 3 is 2.00 bits per heavy atom. The van der Waals surface area contributed by atoms with Crippen LogP contribution in [0.25, 0.3) is 0 Å². The molecule has 0 aromatic rings. The quantitative estimate of drug-likeness (QED) is 0.102. The number of esters is 1. The van der Waals surface area contributed by atoms with Crippen molar-refractivity contribution in [1.82, 2.24) is 0 Å². The highest BCUT2D eigenvalue weighted by molar-refractivity contribution is 7.81. The van der Waals surface area contributed by atoms with Gasteiger partial charge in [-0.15, -0.1) is 33.2 Å². The first-order valence-corrected chi connectivity index (χ1v) is 12.8. The average Bonchev–Trinajstić information content (AvgIpc) is 2.38. The number of hydrogen-bond acceptors (Lipinski definition) is 3. The first-order valence-electron chi connectivity index (χ1n) is 7.26. The monoisotopic (exact) mass is 394 g/mol. The number of carbonyl (C=O) groups excluding carboxylic acids is 1. The molecule has 21 heavy (non-hydrogen) atoms. The lowest BCUT2D eigenvalue weighted by Gasteiger charge is -2.21. The molecular formula is C13H22Cl3FO2SSi. The van der Waals surface area contributed by atoms with Crippen molar-refractivity contribution in [3.05, 3.63) is 0 Å². The minimum atomic E-state index is -3.23. The van der Waals surface area contributed by atoms with E-state index in [2.05, 4.69) is 19.1 Å². The van der Waals surface area contributed by atoms with Crippen molar-refractivity contribution >= 4 is 62.5 Å². The summed E-state index contributed by atoms with van der Waals surface area (Å²) in [5.41, 5.74) is -0.844.